The first-order valence-corrected chi connectivity index (χ1v) is 8.50. The number of hydrogen-bond donors (Lipinski definition) is 3. The van der Waals surface area contributed by atoms with Gasteiger partial charge in [-0.05, 0) is 12.1 Å². The minimum Gasteiger partial charge on any atom is -0.358 e. The molecule has 3 N–H and O–H groups in total. The lowest BCUT2D eigenvalue weighted by atomic mass is 10.3. The van der Waals surface area contributed by atoms with E-state index in [1.54, 1.807) is 0 Å². The summed E-state index contributed by atoms with van der Waals surface area (Å²) in [5.41, 5.74) is 0. The van der Waals surface area contributed by atoms with Gasteiger partial charge >= 0.3 is 31.2 Å². The van der Waals surface area contributed by atoms with E-state index in [1.807, 2.05) is 0 Å². The zero-order valence-corrected chi connectivity index (χ0v) is 11.9. The Morgan fingerprint density at radius 3 is 1.27 bits per heavy atom. The molecule has 0 aliphatic carbocycles. The van der Waals surface area contributed by atoms with Crippen LogP contribution < -0.4 is 12.5 Å². The van der Waals surface area contributed by atoms with Gasteiger partial charge in [-0.15, -0.1) is 0 Å². The molecule has 0 aliphatic rings. The Bertz CT molecular complexity index is 782. The SMILES string of the molecule is C.O=S(=O)(O)Oc1cccc(OS(=O)(=O)O)c1OS(=O)(=O)O. The van der Waals surface area contributed by atoms with E-state index in [0.717, 1.165) is 18.2 Å². The zero-order valence-electron chi connectivity index (χ0n) is 9.47. The van der Waals surface area contributed by atoms with Crippen molar-refractivity contribution in [1.29, 1.82) is 0 Å². The number of para-hydroxylation sites is 1. The normalized spacial score (nSPS) is 12.1. The molecule has 0 amide bonds. The van der Waals surface area contributed by atoms with Crippen molar-refractivity contribution in [2.75, 3.05) is 0 Å². The fourth-order valence-electron chi connectivity index (χ4n) is 1.04. The summed E-state index contributed by atoms with van der Waals surface area (Å²) < 4.78 is 101. The van der Waals surface area contributed by atoms with Gasteiger partial charge in [-0.25, -0.2) is 0 Å². The van der Waals surface area contributed by atoms with E-state index in [9.17, 15) is 25.3 Å². The maximum atomic E-state index is 10.6. The molecule has 0 atom stereocenters. The van der Waals surface area contributed by atoms with Gasteiger partial charge in [-0.3, -0.25) is 13.7 Å². The van der Waals surface area contributed by atoms with Gasteiger partial charge in [0.15, 0.2) is 11.5 Å². The van der Waals surface area contributed by atoms with Crippen LogP contribution in [0, 0.1) is 0 Å². The third-order valence-corrected chi connectivity index (χ3v) is 2.68. The molecule has 0 unspecified atom stereocenters. The smallest absolute Gasteiger partial charge is 0.358 e. The molecule has 128 valence electrons. The van der Waals surface area contributed by atoms with Crippen molar-refractivity contribution in [2.45, 2.75) is 7.43 Å². The van der Waals surface area contributed by atoms with Crippen molar-refractivity contribution < 1.29 is 51.5 Å². The average Bonchev–Trinajstić information content (AvgIpc) is 2.16. The monoisotopic (exact) mass is 382 g/mol. The van der Waals surface area contributed by atoms with Gasteiger partial charge in [-0.1, -0.05) is 13.5 Å². The van der Waals surface area contributed by atoms with Crippen molar-refractivity contribution >= 4 is 31.2 Å². The van der Waals surface area contributed by atoms with Crippen LogP contribution in [0.4, 0.5) is 0 Å². The minimum atomic E-state index is -5.25. The Kier molecular flexibility index (Phi) is 6.13. The largest absolute Gasteiger partial charge is 0.446 e. The van der Waals surface area contributed by atoms with Crippen LogP contribution in [0.2, 0.25) is 0 Å². The molecule has 0 spiro atoms. The van der Waals surface area contributed by atoms with Crippen LogP contribution in [0.15, 0.2) is 18.2 Å². The maximum absolute atomic E-state index is 10.6. The Hall–Kier alpha value is -1.65. The standard InChI is InChI=1S/C6H6O12S3.CH4/c7-19(8,9)16-4-2-1-3-5(17-20(10,11)12)6(4)18-21(13,14)15;/h1-3H,(H,7,8,9)(H,10,11,12)(H,13,14,15);1H4. The molecule has 0 fully saturated rings. The van der Waals surface area contributed by atoms with E-state index in [1.165, 1.54) is 0 Å². The van der Waals surface area contributed by atoms with Crippen molar-refractivity contribution in [3.05, 3.63) is 18.2 Å². The van der Waals surface area contributed by atoms with Crippen molar-refractivity contribution in [2.24, 2.45) is 0 Å². The van der Waals surface area contributed by atoms with E-state index >= 15 is 0 Å². The lowest BCUT2D eigenvalue weighted by Crippen LogP contribution is -2.14. The number of benzene rings is 1. The van der Waals surface area contributed by atoms with Gasteiger partial charge in [0.1, 0.15) is 0 Å². The second-order valence-corrected chi connectivity index (χ2v) is 6.18. The van der Waals surface area contributed by atoms with Gasteiger partial charge in [0, 0.05) is 0 Å². The highest BCUT2D eigenvalue weighted by atomic mass is 32.3. The molecule has 0 aromatic heterocycles. The average molecular weight is 382 g/mol. The fourth-order valence-corrected chi connectivity index (χ4v) is 2.13. The molecule has 0 saturated heterocycles. The first-order chi connectivity index (χ1) is 9.27. The summed E-state index contributed by atoms with van der Waals surface area (Å²) in [6.45, 7) is 0. The Balaban J connectivity index is 0.00000441. The predicted octanol–water partition coefficient (Wildman–Crippen LogP) is -0.132. The highest BCUT2D eigenvalue weighted by Crippen LogP contribution is 2.39. The first kappa shape index (κ1) is 20.3. The van der Waals surface area contributed by atoms with Crippen LogP contribution in [-0.4, -0.2) is 38.9 Å². The van der Waals surface area contributed by atoms with Crippen molar-refractivity contribution in [1.82, 2.24) is 0 Å². The summed E-state index contributed by atoms with van der Waals surface area (Å²) in [4.78, 5) is 0. The van der Waals surface area contributed by atoms with Crippen molar-refractivity contribution in [3.63, 3.8) is 0 Å². The summed E-state index contributed by atoms with van der Waals surface area (Å²) in [6, 6.07) is 2.36. The van der Waals surface area contributed by atoms with Gasteiger partial charge in [0.2, 0.25) is 5.75 Å². The summed E-state index contributed by atoms with van der Waals surface area (Å²) in [6.07, 6.45) is 0. The second kappa shape index (κ2) is 6.63. The van der Waals surface area contributed by atoms with Gasteiger partial charge in [0.25, 0.3) is 0 Å². The maximum Gasteiger partial charge on any atom is 0.446 e. The summed E-state index contributed by atoms with van der Waals surface area (Å²) in [5.74, 6) is -3.34. The van der Waals surface area contributed by atoms with E-state index in [0.29, 0.717) is 0 Å². The molecule has 1 rings (SSSR count). The summed E-state index contributed by atoms with van der Waals surface area (Å²) in [5, 5.41) is 0. The molecular formula is C7H10O12S3. The molecule has 15 heteroatoms. The Morgan fingerprint density at radius 2 is 1.00 bits per heavy atom. The number of hydrogen-bond acceptors (Lipinski definition) is 9. The molecule has 0 heterocycles. The van der Waals surface area contributed by atoms with Crippen molar-refractivity contribution in [3.8, 4) is 17.2 Å². The van der Waals surface area contributed by atoms with Gasteiger partial charge in [0.05, 0.1) is 0 Å². The molecule has 12 nitrogen and oxygen atoms in total. The second-order valence-electron chi connectivity index (χ2n) is 3.12. The molecule has 1 aromatic carbocycles. The molecule has 1 aromatic rings. The predicted molar refractivity (Wildman–Crippen MR) is 69.7 cm³/mol. The van der Waals surface area contributed by atoms with Crippen LogP contribution in [-0.2, 0) is 31.2 Å². The lowest BCUT2D eigenvalue weighted by molar-refractivity contribution is 0.347. The first-order valence-electron chi connectivity index (χ1n) is 4.40. The Morgan fingerprint density at radius 1 is 0.682 bits per heavy atom. The van der Waals surface area contributed by atoms with Crippen LogP contribution in [0.5, 0.6) is 17.2 Å². The quantitative estimate of drug-likeness (QED) is 0.553. The molecule has 0 aliphatic heterocycles. The molecular weight excluding hydrogens is 372 g/mol. The van der Waals surface area contributed by atoms with Crippen LogP contribution in [0.1, 0.15) is 7.43 Å². The van der Waals surface area contributed by atoms with E-state index in [2.05, 4.69) is 12.5 Å². The van der Waals surface area contributed by atoms with Gasteiger partial charge in [-0.2, -0.15) is 25.3 Å². The third-order valence-electron chi connectivity index (χ3n) is 1.52. The minimum absolute atomic E-state index is 0. The topological polar surface area (TPSA) is 191 Å². The number of rotatable bonds is 6. The van der Waals surface area contributed by atoms with Gasteiger partial charge < -0.3 is 12.5 Å². The molecule has 22 heavy (non-hydrogen) atoms. The lowest BCUT2D eigenvalue weighted by Gasteiger charge is -2.11. The Labute approximate surface area is 126 Å². The highest BCUT2D eigenvalue weighted by Gasteiger charge is 2.24. The van der Waals surface area contributed by atoms with E-state index < -0.39 is 48.4 Å². The summed E-state index contributed by atoms with van der Waals surface area (Å²) >= 11 is 0. The van der Waals surface area contributed by atoms with Crippen LogP contribution in [0.25, 0.3) is 0 Å². The molecule has 0 bridgehead atoms. The highest BCUT2D eigenvalue weighted by molar-refractivity contribution is 7.81. The van der Waals surface area contributed by atoms with Crippen LogP contribution in [0.3, 0.4) is 0 Å². The zero-order chi connectivity index (χ0) is 16.5. The fraction of sp³-hybridized carbons (Fsp3) is 0.143. The molecule has 0 saturated carbocycles. The summed E-state index contributed by atoms with van der Waals surface area (Å²) in [7, 11) is -15.5. The van der Waals surface area contributed by atoms with E-state index in [4.69, 9.17) is 13.7 Å². The third kappa shape index (κ3) is 7.38. The van der Waals surface area contributed by atoms with Crippen LogP contribution >= 0.6 is 0 Å². The molecule has 0 radical (unpaired) electrons. The van der Waals surface area contributed by atoms with E-state index in [-0.39, 0.29) is 7.43 Å².